The topological polar surface area (TPSA) is 108 Å². The van der Waals surface area contributed by atoms with Gasteiger partial charge in [0.05, 0.1) is 7.11 Å². The zero-order valence-electron chi connectivity index (χ0n) is 16.6. The van der Waals surface area contributed by atoms with E-state index in [9.17, 15) is 13.2 Å². The van der Waals surface area contributed by atoms with Crippen molar-refractivity contribution in [3.8, 4) is 11.5 Å². The van der Waals surface area contributed by atoms with Crippen molar-refractivity contribution in [1.82, 2.24) is 0 Å². The zero-order chi connectivity index (χ0) is 21.1. The molecule has 1 amide bonds. The second-order valence-electron chi connectivity index (χ2n) is 7.43. The van der Waals surface area contributed by atoms with E-state index in [0.717, 1.165) is 5.56 Å². The number of carbonyl (C=O) groups excluding carboxylic acids is 1. The first kappa shape index (κ1) is 21.7. The van der Waals surface area contributed by atoms with Crippen molar-refractivity contribution in [2.24, 2.45) is 5.14 Å². The SMILES string of the molecule is COc1ccc(NC(=O)[C@@H](C)Oc2ccc(C(C)(C)C)cc2)cc1S(N)(=O)=O. The van der Waals surface area contributed by atoms with Gasteiger partial charge in [0.2, 0.25) is 10.0 Å². The third-order valence-corrected chi connectivity index (χ3v) is 5.07. The second kappa shape index (κ2) is 8.20. The third-order valence-electron chi connectivity index (χ3n) is 4.14. The lowest BCUT2D eigenvalue weighted by Gasteiger charge is -2.20. The van der Waals surface area contributed by atoms with Crippen LogP contribution < -0.4 is 19.9 Å². The van der Waals surface area contributed by atoms with Gasteiger partial charge in [-0.15, -0.1) is 0 Å². The van der Waals surface area contributed by atoms with E-state index in [1.807, 2.05) is 24.3 Å². The number of hydrogen-bond acceptors (Lipinski definition) is 5. The largest absolute Gasteiger partial charge is 0.495 e. The van der Waals surface area contributed by atoms with E-state index in [1.165, 1.54) is 25.3 Å². The lowest BCUT2D eigenvalue weighted by Crippen LogP contribution is -2.30. The summed E-state index contributed by atoms with van der Waals surface area (Å²) in [5.74, 6) is 0.241. The number of benzene rings is 2. The fourth-order valence-electron chi connectivity index (χ4n) is 2.51. The molecule has 0 aliphatic rings. The molecule has 1 atom stereocenters. The number of primary sulfonamides is 1. The third kappa shape index (κ3) is 5.46. The van der Waals surface area contributed by atoms with Crippen LogP contribution in [0, 0.1) is 0 Å². The molecule has 0 spiro atoms. The summed E-state index contributed by atoms with van der Waals surface area (Å²) in [7, 11) is -2.66. The molecular weight excluding hydrogens is 380 g/mol. The molecule has 0 saturated carbocycles. The van der Waals surface area contributed by atoms with E-state index in [4.69, 9.17) is 14.6 Å². The molecule has 8 heteroatoms. The average Bonchev–Trinajstić information content (AvgIpc) is 2.60. The van der Waals surface area contributed by atoms with Gasteiger partial charge in [0.15, 0.2) is 6.10 Å². The van der Waals surface area contributed by atoms with Crippen LogP contribution in [0.15, 0.2) is 47.4 Å². The maximum atomic E-state index is 12.4. The van der Waals surface area contributed by atoms with Crippen LogP contribution in [-0.4, -0.2) is 27.5 Å². The maximum absolute atomic E-state index is 12.4. The molecule has 0 saturated heterocycles. The smallest absolute Gasteiger partial charge is 0.265 e. The number of hydrogen-bond donors (Lipinski definition) is 2. The van der Waals surface area contributed by atoms with E-state index in [2.05, 4.69) is 26.1 Å². The van der Waals surface area contributed by atoms with Crippen molar-refractivity contribution in [2.45, 2.75) is 44.1 Å². The number of methoxy groups -OCH3 is 1. The van der Waals surface area contributed by atoms with E-state index in [-0.39, 0.29) is 21.7 Å². The van der Waals surface area contributed by atoms with Crippen LogP contribution in [0.2, 0.25) is 0 Å². The van der Waals surface area contributed by atoms with Gasteiger partial charge in [0.25, 0.3) is 5.91 Å². The summed E-state index contributed by atoms with van der Waals surface area (Å²) in [6, 6.07) is 11.7. The van der Waals surface area contributed by atoms with Crippen LogP contribution in [0.4, 0.5) is 5.69 Å². The lowest BCUT2D eigenvalue weighted by atomic mass is 9.87. The van der Waals surface area contributed by atoms with Crippen LogP contribution in [0.3, 0.4) is 0 Å². The monoisotopic (exact) mass is 406 g/mol. The summed E-state index contributed by atoms with van der Waals surface area (Å²) in [6.45, 7) is 7.95. The van der Waals surface area contributed by atoms with Gasteiger partial charge >= 0.3 is 0 Å². The molecule has 0 fully saturated rings. The molecule has 3 N–H and O–H groups in total. The molecule has 2 aromatic carbocycles. The quantitative estimate of drug-likeness (QED) is 0.767. The molecule has 0 bridgehead atoms. The Hall–Kier alpha value is -2.58. The summed E-state index contributed by atoms with van der Waals surface area (Å²) in [5.41, 5.74) is 1.45. The first-order valence-electron chi connectivity index (χ1n) is 8.70. The summed E-state index contributed by atoms with van der Waals surface area (Å²) in [5, 5.41) is 7.81. The predicted molar refractivity (Wildman–Crippen MR) is 108 cm³/mol. The minimum atomic E-state index is -4.00. The van der Waals surface area contributed by atoms with Gasteiger partial charge < -0.3 is 14.8 Å². The van der Waals surface area contributed by atoms with Crippen LogP contribution in [0.1, 0.15) is 33.3 Å². The number of nitrogens with two attached hydrogens (primary N) is 1. The van der Waals surface area contributed by atoms with Gasteiger partial charge in [-0.05, 0) is 48.2 Å². The molecule has 2 aromatic rings. The number of sulfonamides is 1. The lowest BCUT2D eigenvalue weighted by molar-refractivity contribution is -0.122. The highest BCUT2D eigenvalue weighted by Gasteiger charge is 2.19. The summed E-state index contributed by atoms with van der Waals surface area (Å²) < 4.78 is 34.0. The van der Waals surface area contributed by atoms with Crippen LogP contribution in [0.5, 0.6) is 11.5 Å². The maximum Gasteiger partial charge on any atom is 0.265 e. The summed E-state index contributed by atoms with van der Waals surface area (Å²) in [4.78, 5) is 12.2. The average molecular weight is 407 g/mol. The van der Waals surface area contributed by atoms with E-state index in [1.54, 1.807) is 6.92 Å². The minimum Gasteiger partial charge on any atom is -0.495 e. The molecule has 7 nitrogen and oxygen atoms in total. The van der Waals surface area contributed by atoms with Crippen LogP contribution in [-0.2, 0) is 20.2 Å². The predicted octanol–water partition coefficient (Wildman–Crippen LogP) is 3.05. The zero-order valence-corrected chi connectivity index (χ0v) is 17.5. The van der Waals surface area contributed by atoms with Gasteiger partial charge in [-0.2, -0.15) is 0 Å². The highest BCUT2D eigenvalue weighted by molar-refractivity contribution is 7.89. The van der Waals surface area contributed by atoms with Gasteiger partial charge in [-0.1, -0.05) is 32.9 Å². The Morgan fingerprint density at radius 1 is 1.11 bits per heavy atom. The van der Waals surface area contributed by atoms with Gasteiger partial charge in [0, 0.05) is 5.69 Å². The van der Waals surface area contributed by atoms with E-state index < -0.39 is 22.0 Å². The number of rotatable bonds is 6. The molecule has 28 heavy (non-hydrogen) atoms. The van der Waals surface area contributed by atoms with Gasteiger partial charge in [-0.3, -0.25) is 4.79 Å². The fourth-order valence-corrected chi connectivity index (χ4v) is 3.23. The fraction of sp³-hybridized carbons (Fsp3) is 0.350. The van der Waals surface area contributed by atoms with Crippen molar-refractivity contribution in [2.75, 3.05) is 12.4 Å². The summed E-state index contributed by atoms with van der Waals surface area (Å²) >= 11 is 0. The van der Waals surface area contributed by atoms with Crippen LogP contribution in [0.25, 0.3) is 0 Å². The van der Waals surface area contributed by atoms with E-state index >= 15 is 0 Å². The molecule has 0 aromatic heterocycles. The molecule has 0 aliphatic carbocycles. The molecule has 152 valence electrons. The Bertz CT molecular complexity index is 948. The Balaban J connectivity index is 2.10. The van der Waals surface area contributed by atoms with E-state index in [0.29, 0.717) is 5.75 Å². The first-order valence-corrected chi connectivity index (χ1v) is 10.3. The summed E-state index contributed by atoms with van der Waals surface area (Å²) in [6.07, 6.45) is -0.791. The standard InChI is InChI=1S/C20H26N2O5S/c1-13(27-16-9-6-14(7-10-16)20(2,3)4)19(23)22-15-8-11-17(26-5)18(12-15)28(21,24)25/h6-13H,1-5H3,(H,22,23)(H2,21,24,25)/t13-/m1/s1. The van der Waals surface area contributed by atoms with Crippen molar-refractivity contribution < 1.29 is 22.7 Å². The van der Waals surface area contributed by atoms with Crippen molar-refractivity contribution in [3.63, 3.8) is 0 Å². The number of ether oxygens (including phenoxy) is 2. The normalized spacial score (nSPS) is 12.9. The highest BCUT2D eigenvalue weighted by atomic mass is 32.2. The number of carbonyl (C=O) groups is 1. The molecular formula is C20H26N2O5S. The Labute approximate surface area is 165 Å². The molecule has 2 rings (SSSR count). The number of nitrogens with one attached hydrogen (secondary N) is 1. The van der Waals surface area contributed by atoms with Gasteiger partial charge in [0.1, 0.15) is 16.4 Å². The molecule has 0 unspecified atom stereocenters. The van der Waals surface area contributed by atoms with Gasteiger partial charge in [-0.25, -0.2) is 13.6 Å². The second-order valence-corrected chi connectivity index (χ2v) is 8.96. The highest BCUT2D eigenvalue weighted by Crippen LogP contribution is 2.27. The minimum absolute atomic E-state index is 0.0247. The molecule has 0 heterocycles. The first-order chi connectivity index (χ1) is 12.9. The Morgan fingerprint density at radius 3 is 2.21 bits per heavy atom. The number of amides is 1. The van der Waals surface area contributed by atoms with Crippen LogP contribution >= 0.6 is 0 Å². The molecule has 0 aliphatic heterocycles. The van der Waals surface area contributed by atoms with Crippen molar-refractivity contribution >= 4 is 21.6 Å². The molecule has 0 radical (unpaired) electrons. The number of anilines is 1. The Morgan fingerprint density at radius 2 is 1.71 bits per heavy atom. The van der Waals surface area contributed by atoms with Crippen molar-refractivity contribution in [1.29, 1.82) is 0 Å². The van der Waals surface area contributed by atoms with Crippen molar-refractivity contribution in [3.05, 3.63) is 48.0 Å². The Kier molecular flexibility index (Phi) is 6.36.